The Labute approximate surface area is 136 Å². The van der Waals surface area contributed by atoms with Crippen molar-refractivity contribution in [3.8, 4) is 0 Å². The summed E-state index contributed by atoms with van der Waals surface area (Å²) in [7, 11) is 0. The highest BCUT2D eigenvalue weighted by molar-refractivity contribution is 6.34. The molecule has 0 spiro atoms. The summed E-state index contributed by atoms with van der Waals surface area (Å²) in [6, 6.07) is 12.8. The number of carbonyl (C=O) groups excluding carboxylic acids is 1. The summed E-state index contributed by atoms with van der Waals surface area (Å²) in [5.74, 6) is -0.0359. The molecule has 0 aliphatic carbocycles. The second-order valence-corrected chi connectivity index (χ2v) is 4.55. The molecule has 0 saturated carbocycles. The molecule has 1 amide bonds. The number of anilines is 1. The van der Waals surface area contributed by atoms with Gasteiger partial charge in [-0.1, -0.05) is 29.8 Å². The second kappa shape index (κ2) is 8.44. The van der Waals surface area contributed by atoms with Crippen LogP contribution < -0.4 is 5.32 Å². The van der Waals surface area contributed by atoms with Crippen molar-refractivity contribution >= 4 is 34.6 Å². The van der Waals surface area contributed by atoms with Crippen molar-refractivity contribution in [2.24, 2.45) is 0 Å². The normalized spacial score (nSPS) is 9.30. The van der Waals surface area contributed by atoms with E-state index < -0.39 is 26.2 Å². The molecule has 0 saturated heterocycles. The van der Waals surface area contributed by atoms with Crippen LogP contribution in [0, 0.1) is 20.2 Å². The molecule has 0 unspecified atom stereocenters. The molecule has 120 valence electrons. The highest BCUT2D eigenvalue weighted by Crippen LogP contribution is 2.32. The molecule has 0 aromatic heterocycles. The van der Waals surface area contributed by atoms with E-state index >= 15 is 0 Å². The van der Waals surface area contributed by atoms with E-state index in [-0.39, 0.29) is 5.91 Å². The first-order valence-electron chi connectivity index (χ1n) is 6.23. The SMILES string of the molecule is CC(=O)Nc1ccccc1.O=[N+]([O-])c1cccc([N+](=O)[O-])c1Cl. The number of carbonyl (C=O) groups is 1. The lowest BCUT2D eigenvalue weighted by molar-refractivity contribution is -0.393. The van der Waals surface area contributed by atoms with Crippen LogP contribution in [-0.2, 0) is 4.79 Å². The van der Waals surface area contributed by atoms with Crippen LogP contribution in [-0.4, -0.2) is 15.8 Å². The fourth-order valence-electron chi connectivity index (χ4n) is 1.51. The predicted molar refractivity (Wildman–Crippen MR) is 85.5 cm³/mol. The number of benzene rings is 2. The van der Waals surface area contributed by atoms with Gasteiger partial charge in [-0.3, -0.25) is 25.0 Å². The van der Waals surface area contributed by atoms with Crippen LogP contribution in [0.25, 0.3) is 0 Å². The number of nitro groups is 2. The maximum Gasteiger partial charge on any atom is 0.294 e. The van der Waals surface area contributed by atoms with Crippen LogP contribution in [0.3, 0.4) is 0 Å². The number of amides is 1. The summed E-state index contributed by atoms with van der Waals surface area (Å²) in [4.78, 5) is 29.6. The molecule has 0 heterocycles. The van der Waals surface area contributed by atoms with Gasteiger partial charge in [0.15, 0.2) is 5.02 Å². The summed E-state index contributed by atoms with van der Waals surface area (Å²) < 4.78 is 0. The number of hydrogen-bond acceptors (Lipinski definition) is 5. The van der Waals surface area contributed by atoms with Crippen molar-refractivity contribution in [3.63, 3.8) is 0 Å². The molecule has 2 aromatic carbocycles. The van der Waals surface area contributed by atoms with Crippen molar-refractivity contribution in [1.29, 1.82) is 0 Å². The zero-order valence-electron chi connectivity index (χ0n) is 11.9. The highest BCUT2D eigenvalue weighted by atomic mass is 35.5. The van der Waals surface area contributed by atoms with E-state index in [0.29, 0.717) is 0 Å². The molecule has 2 rings (SSSR count). The molecule has 0 radical (unpaired) electrons. The molecule has 0 atom stereocenters. The molecule has 0 bridgehead atoms. The van der Waals surface area contributed by atoms with Crippen LogP contribution in [0.4, 0.5) is 17.1 Å². The molecule has 8 nitrogen and oxygen atoms in total. The minimum Gasteiger partial charge on any atom is -0.326 e. The second-order valence-electron chi connectivity index (χ2n) is 4.17. The molecule has 2 aromatic rings. The van der Waals surface area contributed by atoms with Crippen molar-refractivity contribution in [3.05, 3.63) is 73.8 Å². The Morgan fingerprint density at radius 2 is 1.43 bits per heavy atom. The van der Waals surface area contributed by atoms with Gasteiger partial charge in [0.25, 0.3) is 11.4 Å². The van der Waals surface area contributed by atoms with E-state index in [9.17, 15) is 25.0 Å². The van der Waals surface area contributed by atoms with Gasteiger partial charge in [-0.25, -0.2) is 0 Å². The van der Waals surface area contributed by atoms with Crippen LogP contribution in [0.1, 0.15) is 6.92 Å². The van der Waals surface area contributed by atoms with Crippen molar-refractivity contribution in [2.75, 3.05) is 5.32 Å². The summed E-state index contributed by atoms with van der Waals surface area (Å²) in [6.07, 6.45) is 0. The smallest absolute Gasteiger partial charge is 0.294 e. The van der Waals surface area contributed by atoms with E-state index in [4.69, 9.17) is 11.6 Å². The summed E-state index contributed by atoms with van der Waals surface area (Å²) in [5, 5.41) is 22.8. The Balaban J connectivity index is 0.000000238. The van der Waals surface area contributed by atoms with Gasteiger partial charge in [0.1, 0.15) is 0 Å². The monoisotopic (exact) mass is 337 g/mol. The van der Waals surface area contributed by atoms with Crippen LogP contribution in [0.15, 0.2) is 48.5 Å². The minimum atomic E-state index is -0.769. The Bertz CT molecular complexity index is 689. The van der Waals surface area contributed by atoms with Crippen LogP contribution in [0.5, 0.6) is 0 Å². The zero-order chi connectivity index (χ0) is 17.4. The summed E-state index contributed by atoms with van der Waals surface area (Å²) in [5.41, 5.74) is -0.0817. The third-order valence-corrected chi connectivity index (χ3v) is 2.83. The highest BCUT2D eigenvalue weighted by Gasteiger charge is 2.22. The standard InChI is InChI=1S/C8H9NO.C6H3ClN2O4/c1-7(10)9-8-5-3-2-4-6-8;7-6-4(8(10)11)2-1-3-5(6)9(12)13/h2-6H,1H3,(H,9,10);1-3H. The average molecular weight is 338 g/mol. The number of hydrogen-bond donors (Lipinski definition) is 1. The van der Waals surface area contributed by atoms with Gasteiger partial charge in [0.05, 0.1) is 9.85 Å². The lowest BCUT2D eigenvalue weighted by Crippen LogP contribution is -2.04. The third-order valence-electron chi connectivity index (χ3n) is 2.45. The topological polar surface area (TPSA) is 115 Å². The number of halogens is 1. The van der Waals surface area contributed by atoms with E-state index in [1.54, 1.807) is 0 Å². The van der Waals surface area contributed by atoms with Gasteiger partial charge in [0.2, 0.25) is 5.91 Å². The third kappa shape index (κ3) is 5.71. The fraction of sp³-hybridized carbons (Fsp3) is 0.0714. The predicted octanol–water partition coefficient (Wildman–Crippen LogP) is 3.80. The largest absolute Gasteiger partial charge is 0.326 e. The molecule has 9 heteroatoms. The van der Waals surface area contributed by atoms with Gasteiger partial charge >= 0.3 is 0 Å². The quantitative estimate of drug-likeness (QED) is 0.675. The summed E-state index contributed by atoms with van der Waals surface area (Å²) >= 11 is 5.42. The first-order valence-corrected chi connectivity index (χ1v) is 6.60. The zero-order valence-corrected chi connectivity index (χ0v) is 12.7. The van der Waals surface area contributed by atoms with Gasteiger partial charge in [-0.15, -0.1) is 0 Å². The number of nitrogens with zero attached hydrogens (tertiary/aromatic N) is 2. The molecule has 0 aliphatic heterocycles. The lowest BCUT2D eigenvalue weighted by atomic mass is 10.3. The maximum absolute atomic E-state index is 10.5. The van der Waals surface area contributed by atoms with Crippen molar-refractivity contribution in [1.82, 2.24) is 0 Å². The molecule has 0 fully saturated rings. The van der Waals surface area contributed by atoms with Crippen molar-refractivity contribution < 1.29 is 14.6 Å². The van der Waals surface area contributed by atoms with Crippen LogP contribution >= 0.6 is 11.6 Å². The average Bonchev–Trinajstić information content (AvgIpc) is 2.48. The number of rotatable bonds is 3. The number of nitrogens with one attached hydrogen (secondary N) is 1. The van der Waals surface area contributed by atoms with Gasteiger partial charge in [-0.2, -0.15) is 0 Å². The summed E-state index contributed by atoms with van der Waals surface area (Å²) in [6.45, 7) is 1.49. The van der Waals surface area contributed by atoms with Gasteiger partial charge in [-0.05, 0) is 18.2 Å². The molecular formula is C14H12ClN3O5. The molecule has 23 heavy (non-hydrogen) atoms. The molecule has 1 N–H and O–H groups in total. The van der Waals surface area contributed by atoms with Crippen LogP contribution in [0.2, 0.25) is 5.02 Å². The molecular weight excluding hydrogens is 326 g/mol. The van der Waals surface area contributed by atoms with E-state index in [2.05, 4.69) is 5.32 Å². The first kappa shape index (κ1) is 18.1. The minimum absolute atomic E-state index is 0.0359. The first-order chi connectivity index (χ1) is 10.8. The lowest BCUT2D eigenvalue weighted by Gasteiger charge is -1.98. The van der Waals surface area contributed by atoms with E-state index in [1.807, 2.05) is 30.3 Å². The number of nitro benzene ring substituents is 2. The van der Waals surface area contributed by atoms with E-state index in [0.717, 1.165) is 17.8 Å². The van der Waals surface area contributed by atoms with E-state index in [1.165, 1.54) is 13.0 Å². The Morgan fingerprint density at radius 3 is 1.83 bits per heavy atom. The maximum atomic E-state index is 10.5. The van der Waals surface area contributed by atoms with Crippen molar-refractivity contribution in [2.45, 2.75) is 6.92 Å². The molecule has 0 aliphatic rings. The Hall–Kier alpha value is -3.00. The number of para-hydroxylation sites is 1. The van der Waals surface area contributed by atoms with Gasteiger partial charge in [0, 0.05) is 24.7 Å². The van der Waals surface area contributed by atoms with Gasteiger partial charge < -0.3 is 5.32 Å². The Kier molecular flexibility index (Phi) is 6.63. The Morgan fingerprint density at radius 1 is 0.957 bits per heavy atom. The fourth-order valence-corrected chi connectivity index (χ4v) is 1.78.